The van der Waals surface area contributed by atoms with Crippen LogP contribution in [-0.2, 0) is 0 Å². The van der Waals surface area contributed by atoms with E-state index in [2.05, 4.69) is 67.1 Å². The maximum atomic E-state index is 6.05. The van der Waals surface area contributed by atoms with Crippen LogP contribution in [0.15, 0.2) is 22.7 Å². The highest BCUT2D eigenvalue weighted by Crippen LogP contribution is 2.29. The van der Waals surface area contributed by atoms with E-state index in [0.29, 0.717) is 12.0 Å². The third-order valence-electron chi connectivity index (χ3n) is 3.44. The normalized spacial score (nSPS) is 14.1. The first-order chi connectivity index (χ1) is 9.58. The summed E-state index contributed by atoms with van der Waals surface area (Å²) in [4.78, 5) is 0. The van der Waals surface area contributed by atoms with Crippen molar-refractivity contribution in [2.24, 2.45) is 5.92 Å². The minimum absolute atomic E-state index is 0.309. The first kappa shape index (κ1) is 17.5. The maximum Gasteiger partial charge on any atom is 0.124 e. The largest absolute Gasteiger partial charge is 0.493 e. The van der Waals surface area contributed by atoms with Crippen LogP contribution in [0.4, 0.5) is 0 Å². The second kappa shape index (κ2) is 9.41. The fraction of sp³-hybridized carbons (Fsp3) is 0.647. The molecule has 0 amide bonds. The quantitative estimate of drug-likeness (QED) is 0.655. The van der Waals surface area contributed by atoms with Crippen molar-refractivity contribution >= 4 is 15.9 Å². The fourth-order valence-corrected chi connectivity index (χ4v) is 2.65. The molecule has 0 aliphatic carbocycles. The molecule has 1 aromatic carbocycles. The number of ether oxygens (including phenoxy) is 1. The monoisotopic (exact) mass is 341 g/mol. The molecule has 0 bridgehead atoms. The van der Waals surface area contributed by atoms with Gasteiger partial charge in [-0.3, -0.25) is 0 Å². The molecule has 1 rings (SSSR count). The molecule has 1 N–H and O–H groups in total. The van der Waals surface area contributed by atoms with E-state index in [0.717, 1.165) is 29.8 Å². The summed E-state index contributed by atoms with van der Waals surface area (Å²) in [5.74, 6) is 1.61. The number of halogens is 1. The third-order valence-corrected chi connectivity index (χ3v) is 3.94. The van der Waals surface area contributed by atoms with Crippen LogP contribution in [0.5, 0.6) is 5.75 Å². The highest BCUT2D eigenvalue weighted by molar-refractivity contribution is 9.10. The topological polar surface area (TPSA) is 21.3 Å². The molecular formula is C17H28BrNO. The second-order valence-electron chi connectivity index (χ2n) is 5.56. The number of hydrogen-bond donors (Lipinski definition) is 1. The van der Waals surface area contributed by atoms with Gasteiger partial charge in [0.25, 0.3) is 0 Å². The van der Waals surface area contributed by atoms with Gasteiger partial charge in [-0.15, -0.1) is 0 Å². The molecule has 0 aromatic heterocycles. The summed E-state index contributed by atoms with van der Waals surface area (Å²) in [6, 6.07) is 6.59. The molecule has 3 heteroatoms. The van der Waals surface area contributed by atoms with Gasteiger partial charge in [-0.05, 0) is 50.4 Å². The Morgan fingerprint density at radius 1 is 1.20 bits per heavy atom. The summed E-state index contributed by atoms with van der Waals surface area (Å²) < 4.78 is 7.15. The number of benzene rings is 1. The Morgan fingerprint density at radius 3 is 2.60 bits per heavy atom. The lowest BCUT2D eigenvalue weighted by Gasteiger charge is -2.20. The Bertz CT molecular complexity index is 395. The summed E-state index contributed by atoms with van der Waals surface area (Å²) in [5.41, 5.74) is 1.23. The van der Waals surface area contributed by atoms with Crippen molar-refractivity contribution in [3.05, 3.63) is 28.2 Å². The van der Waals surface area contributed by atoms with Gasteiger partial charge in [0.2, 0.25) is 0 Å². The molecule has 0 aliphatic heterocycles. The van der Waals surface area contributed by atoms with Crippen LogP contribution in [0.2, 0.25) is 0 Å². The number of nitrogens with one attached hydrogen (secondary N) is 1. The SMILES string of the molecule is CCCNC(C)c1cc(Br)ccc1OCC(C)CCC. The molecule has 2 unspecified atom stereocenters. The van der Waals surface area contributed by atoms with Crippen molar-refractivity contribution in [3.63, 3.8) is 0 Å². The number of rotatable bonds is 9. The molecule has 0 radical (unpaired) electrons. The van der Waals surface area contributed by atoms with Crippen LogP contribution in [0.1, 0.15) is 58.6 Å². The first-order valence-corrected chi connectivity index (χ1v) is 8.53. The molecule has 2 atom stereocenters. The lowest BCUT2D eigenvalue weighted by molar-refractivity contribution is 0.247. The third kappa shape index (κ3) is 5.84. The zero-order valence-corrected chi connectivity index (χ0v) is 14.8. The van der Waals surface area contributed by atoms with Crippen molar-refractivity contribution < 1.29 is 4.74 Å². The Hall–Kier alpha value is -0.540. The second-order valence-corrected chi connectivity index (χ2v) is 6.48. The Kier molecular flexibility index (Phi) is 8.24. The van der Waals surface area contributed by atoms with E-state index < -0.39 is 0 Å². The van der Waals surface area contributed by atoms with Crippen LogP contribution in [-0.4, -0.2) is 13.2 Å². The van der Waals surface area contributed by atoms with Crippen LogP contribution in [0, 0.1) is 5.92 Å². The molecular weight excluding hydrogens is 314 g/mol. The highest BCUT2D eigenvalue weighted by atomic mass is 79.9. The van der Waals surface area contributed by atoms with Crippen molar-refractivity contribution in [3.8, 4) is 5.75 Å². The zero-order valence-electron chi connectivity index (χ0n) is 13.2. The van der Waals surface area contributed by atoms with Gasteiger partial charge in [0, 0.05) is 16.1 Å². The predicted octanol–water partition coefficient (Wildman–Crippen LogP) is 5.32. The van der Waals surface area contributed by atoms with E-state index in [-0.39, 0.29) is 0 Å². The Labute approximate surface area is 132 Å². The summed E-state index contributed by atoms with van der Waals surface area (Å²) >= 11 is 3.55. The van der Waals surface area contributed by atoms with Gasteiger partial charge < -0.3 is 10.1 Å². The van der Waals surface area contributed by atoms with E-state index in [1.165, 1.54) is 18.4 Å². The van der Waals surface area contributed by atoms with E-state index >= 15 is 0 Å². The molecule has 2 nitrogen and oxygen atoms in total. The Morgan fingerprint density at radius 2 is 1.95 bits per heavy atom. The fourth-order valence-electron chi connectivity index (χ4n) is 2.27. The predicted molar refractivity (Wildman–Crippen MR) is 90.4 cm³/mol. The minimum Gasteiger partial charge on any atom is -0.493 e. The smallest absolute Gasteiger partial charge is 0.124 e. The van der Waals surface area contributed by atoms with Crippen molar-refractivity contribution in [1.29, 1.82) is 0 Å². The maximum absolute atomic E-state index is 6.05. The van der Waals surface area contributed by atoms with Crippen LogP contribution >= 0.6 is 15.9 Å². The minimum atomic E-state index is 0.309. The molecule has 0 heterocycles. The standard InChI is InChI=1S/C17H28BrNO/c1-5-7-13(3)12-20-17-9-8-15(18)11-16(17)14(4)19-10-6-2/h8-9,11,13-14,19H,5-7,10,12H2,1-4H3. The van der Waals surface area contributed by atoms with Gasteiger partial charge in [-0.2, -0.15) is 0 Å². The molecule has 0 fully saturated rings. The van der Waals surface area contributed by atoms with Crippen molar-refractivity contribution in [2.75, 3.05) is 13.2 Å². The Balaban J connectivity index is 2.73. The van der Waals surface area contributed by atoms with Gasteiger partial charge in [0.15, 0.2) is 0 Å². The lowest BCUT2D eigenvalue weighted by Crippen LogP contribution is -2.20. The summed E-state index contributed by atoms with van der Waals surface area (Å²) in [5, 5.41) is 3.53. The molecule has 20 heavy (non-hydrogen) atoms. The van der Waals surface area contributed by atoms with Gasteiger partial charge in [0.1, 0.15) is 5.75 Å². The average Bonchev–Trinajstić information content (AvgIpc) is 2.43. The van der Waals surface area contributed by atoms with E-state index in [9.17, 15) is 0 Å². The molecule has 0 spiro atoms. The van der Waals surface area contributed by atoms with Crippen LogP contribution < -0.4 is 10.1 Å². The zero-order chi connectivity index (χ0) is 15.0. The van der Waals surface area contributed by atoms with Crippen LogP contribution in [0.25, 0.3) is 0 Å². The lowest BCUT2D eigenvalue weighted by atomic mass is 10.1. The first-order valence-electron chi connectivity index (χ1n) is 7.74. The summed E-state index contributed by atoms with van der Waals surface area (Å²) in [6.45, 7) is 10.7. The summed E-state index contributed by atoms with van der Waals surface area (Å²) in [6.07, 6.45) is 3.57. The molecule has 1 aromatic rings. The van der Waals surface area contributed by atoms with Crippen molar-refractivity contribution in [2.45, 2.75) is 53.0 Å². The van der Waals surface area contributed by atoms with Gasteiger partial charge in [0.05, 0.1) is 6.61 Å². The highest BCUT2D eigenvalue weighted by Gasteiger charge is 2.13. The van der Waals surface area contributed by atoms with E-state index in [4.69, 9.17) is 4.74 Å². The van der Waals surface area contributed by atoms with Gasteiger partial charge in [-0.1, -0.05) is 43.1 Å². The van der Waals surface area contributed by atoms with Crippen molar-refractivity contribution in [1.82, 2.24) is 5.32 Å². The average molecular weight is 342 g/mol. The summed E-state index contributed by atoms with van der Waals surface area (Å²) in [7, 11) is 0. The van der Waals surface area contributed by atoms with E-state index in [1.807, 2.05) is 0 Å². The molecule has 0 aliphatic rings. The van der Waals surface area contributed by atoms with Gasteiger partial charge >= 0.3 is 0 Å². The molecule has 0 saturated carbocycles. The molecule has 114 valence electrons. The molecule has 0 saturated heterocycles. The van der Waals surface area contributed by atoms with E-state index in [1.54, 1.807) is 0 Å². The number of hydrogen-bond acceptors (Lipinski definition) is 2. The van der Waals surface area contributed by atoms with Gasteiger partial charge in [-0.25, -0.2) is 0 Å². The van der Waals surface area contributed by atoms with Crippen LogP contribution in [0.3, 0.4) is 0 Å².